The number of carbonyl (C=O) groups excluding carboxylic acids is 2. The van der Waals surface area contributed by atoms with Crippen molar-refractivity contribution in [2.45, 2.75) is 20.3 Å². The predicted molar refractivity (Wildman–Crippen MR) is 104 cm³/mol. The molecule has 2 rings (SSSR count). The van der Waals surface area contributed by atoms with Crippen molar-refractivity contribution < 1.29 is 23.5 Å². The van der Waals surface area contributed by atoms with Gasteiger partial charge in [-0.2, -0.15) is 5.10 Å². The van der Waals surface area contributed by atoms with Crippen LogP contribution < -0.4 is 20.2 Å². The normalized spacial score (nSPS) is 10.5. The van der Waals surface area contributed by atoms with Crippen LogP contribution >= 0.6 is 0 Å². The van der Waals surface area contributed by atoms with Gasteiger partial charge in [-0.25, -0.2) is 9.82 Å². The smallest absolute Gasteiger partial charge is 0.249 e. The predicted octanol–water partition coefficient (Wildman–Crippen LogP) is 3.10. The highest BCUT2D eigenvalue weighted by atomic mass is 19.1. The van der Waals surface area contributed by atoms with Crippen molar-refractivity contribution in [3.63, 3.8) is 0 Å². The Kier molecular flexibility index (Phi) is 7.95. The molecule has 2 aromatic carbocycles. The average molecular weight is 387 g/mol. The highest BCUT2D eigenvalue weighted by Gasteiger charge is 2.11. The van der Waals surface area contributed by atoms with Crippen LogP contribution in [0.4, 0.5) is 10.1 Å². The number of anilines is 1. The largest absolute Gasteiger partial charge is 0.490 e. The van der Waals surface area contributed by atoms with Crippen LogP contribution in [0.3, 0.4) is 0 Å². The van der Waals surface area contributed by atoms with E-state index in [1.807, 2.05) is 13.8 Å². The van der Waals surface area contributed by atoms with Crippen LogP contribution in [0.2, 0.25) is 0 Å². The highest BCUT2D eigenvalue weighted by Crippen LogP contribution is 2.27. The topological polar surface area (TPSA) is 89.0 Å². The van der Waals surface area contributed by atoms with E-state index in [4.69, 9.17) is 9.47 Å². The molecule has 0 aliphatic rings. The number of hydrazone groups is 1. The summed E-state index contributed by atoms with van der Waals surface area (Å²) in [5.41, 5.74) is 2.96. The van der Waals surface area contributed by atoms with Crippen molar-refractivity contribution >= 4 is 23.7 Å². The SMILES string of the molecule is CCOc1ccc(C=NNC(=O)CC(=O)Nc2ccccc2F)cc1OCC. The van der Waals surface area contributed by atoms with E-state index in [1.165, 1.54) is 24.4 Å². The second-order valence-electron chi connectivity index (χ2n) is 5.57. The molecule has 0 bridgehead atoms. The summed E-state index contributed by atoms with van der Waals surface area (Å²) < 4.78 is 24.5. The lowest BCUT2D eigenvalue weighted by Crippen LogP contribution is -2.24. The summed E-state index contributed by atoms with van der Waals surface area (Å²) in [6, 6.07) is 10.9. The molecule has 0 aliphatic heterocycles. The van der Waals surface area contributed by atoms with E-state index in [-0.39, 0.29) is 5.69 Å². The number of hydrogen-bond donors (Lipinski definition) is 2. The standard InChI is InChI=1S/C20H22FN3O4/c1-3-27-17-10-9-14(11-18(17)28-4-2)13-22-24-20(26)12-19(25)23-16-8-6-5-7-15(16)21/h5-11,13H,3-4,12H2,1-2H3,(H,23,25)(H,24,26). The lowest BCUT2D eigenvalue weighted by atomic mass is 10.2. The Morgan fingerprint density at radius 3 is 2.46 bits per heavy atom. The number of ether oxygens (including phenoxy) is 2. The third-order valence-corrected chi connectivity index (χ3v) is 3.44. The maximum Gasteiger partial charge on any atom is 0.249 e. The Hall–Kier alpha value is -3.42. The summed E-state index contributed by atoms with van der Waals surface area (Å²) in [5.74, 6) is -0.646. The molecule has 0 saturated heterocycles. The number of halogens is 1. The molecule has 28 heavy (non-hydrogen) atoms. The number of para-hydroxylation sites is 1. The second kappa shape index (κ2) is 10.7. The van der Waals surface area contributed by atoms with Gasteiger partial charge in [-0.3, -0.25) is 9.59 Å². The minimum absolute atomic E-state index is 0.0154. The Balaban J connectivity index is 1.89. The van der Waals surface area contributed by atoms with Crippen LogP contribution in [0.1, 0.15) is 25.8 Å². The van der Waals surface area contributed by atoms with Crippen LogP contribution in [-0.4, -0.2) is 31.2 Å². The molecule has 2 aromatic rings. The molecule has 7 nitrogen and oxygen atoms in total. The summed E-state index contributed by atoms with van der Waals surface area (Å²) in [5, 5.41) is 6.15. The van der Waals surface area contributed by atoms with Gasteiger partial charge >= 0.3 is 0 Å². The number of benzene rings is 2. The molecular formula is C20H22FN3O4. The van der Waals surface area contributed by atoms with Gasteiger partial charge in [0.05, 0.1) is 25.1 Å². The van der Waals surface area contributed by atoms with Crippen LogP contribution in [0.15, 0.2) is 47.6 Å². The van der Waals surface area contributed by atoms with Crippen molar-refractivity contribution in [3.05, 3.63) is 53.8 Å². The Morgan fingerprint density at radius 1 is 1.04 bits per heavy atom. The molecule has 0 spiro atoms. The molecule has 148 valence electrons. The molecule has 0 saturated carbocycles. The highest BCUT2D eigenvalue weighted by molar-refractivity contribution is 6.03. The molecule has 0 aliphatic carbocycles. The first-order chi connectivity index (χ1) is 13.5. The van der Waals surface area contributed by atoms with Gasteiger partial charge in [-0.15, -0.1) is 0 Å². The zero-order valence-corrected chi connectivity index (χ0v) is 15.7. The van der Waals surface area contributed by atoms with Gasteiger partial charge in [0.15, 0.2) is 11.5 Å². The number of rotatable bonds is 9. The van der Waals surface area contributed by atoms with Gasteiger partial charge in [0.2, 0.25) is 11.8 Å². The molecule has 0 fully saturated rings. The van der Waals surface area contributed by atoms with Crippen LogP contribution in [0.25, 0.3) is 0 Å². The van der Waals surface area contributed by atoms with E-state index >= 15 is 0 Å². The van der Waals surface area contributed by atoms with Crippen LogP contribution in [0.5, 0.6) is 11.5 Å². The zero-order chi connectivity index (χ0) is 20.4. The molecule has 0 unspecified atom stereocenters. The zero-order valence-electron chi connectivity index (χ0n) is 15.7. The number of nitrogens with zero attached hydrogens (tertiary/aromatic N) is 1. The molecule has 0 radical (unpaired) electrons. The minimum atomic E-state index is -0.641. The van der Waals surface area contributed by atoms with E-state index in [9.17, 15) is 14.0 Å². The van der Waals surface area contributed by atoms with Gasteiger partial charge in [0.25, 0.3) is 0 Å². The molecule has 2 amide bonds. The summed E-state index contributed by atoms with van der Waals surface area (Å²) in [6.07, 6.45) is 0.935. The molecule has 0 atom stereocenters. The number of amides is 2. The van der Waals surface area contributed by atoms with Crippen LogP contribution in [0, 0.1) is 5.82 Å². The third-order valence-electron chi connectivity index (χ3n) is 3.44. The number of nitrogens with one attached hydrogen (secondary N) is 2. The number of hydrogen-bond acceptors (Lipinski definition) is 5. The molecule has 0 heterocycles. The summed E-state index contributed by atoms with van der Waals surface area (Å²) in [6.45, 7) is 4.74. The first-order valence-electron chi connectivity index (χ1n) is 8.79. The quantitative estimate of drug-likeness (QED) is 0.393. The lowest BCUT2D eigenvalue weighted by molar-refractivity contribution is -0.126. The minimum Gasteiger partial charge on any atom is -0.490 e. The molecule has 8 heteroatoms. The van der Waals surface area contributed by atoms with Gasteiger partial charge in [0, 0.05) is 0 Å². The third kappa shape index (κ3) is 6.39. The Bertz CT molecular complexity index is 855. The van der Waals surface area contributed by atoms with Crippen molar-refractivity contribution in [2.24, 2.45) is 5.10 Å². The van der Waals surface area contributed by atoms with E-state index in [2.05, 4.69) is 15.8 Å². The molecular weight excluding hydrogens is 365 g/mol. The maximum absolute atomic E-state index is 13.5. The summed E-state index contributed by atoms with van der Waals surface area (Å²) in [4.78, 5) is 23.6. The van der Waals surface area contributed by atoms with Crippen molar-refractivity contribution in [1.82, 2.24) is 5.43 Å². The van der Waals surface area contributed by atoms with E-state index < -0.39 is 24.1 Å². The maximum atomic E-state index is 13.5. The van der Waals surface area contributed by atoms with Gasteiger partial charge in [0.1, 0.15) is 12.2 Å². The summed E-state index contributed by atoms with van der Waals surface area (Å²) >= 11 is 0. The van der Waals surface area contributed by atoms with Crippen molar-refractivity contribution in [3.8, 4) is 11.5 Å². The number of carbonyl (C=O) groups is 2. The van der Waals surface area contributed by atoms with Gasteiger partial charge in [-0.1, -0.05) is 12.1 Å². The molecule has 2 N–H and O–H groups in total. The summed E-state index contributed by atoms with van der Waals surface area (Å²) in [7, 11) is 0. The Morgan fingerprint density at radius 2 is 1.75 bits per heavy atom. The van der Waals surface area contributed by atoms with Crippen molar-refractivity contribution in [2.75, 3.05) is 18.5 Å². The van der Waals surface area contributed by atoms with Crippen molar-refractivity contribution in [1.29, 1.82) is 0 Å². The monoisotopic (exact) mass is 387 g/mol. The fraction of sp³-hybridized carbons (Fsp3) is 0.250. The van der Waals surface area contributed by atoms with E-state index in [1.54, 1.807) is 24.3 Å². The van der Waals surface area contributed by atoms with Gasteiger partial charge < -0.3 is 14.8 Å². The van der Waals surface area contributed by atoms with Gasteiger partial charge in [-0.05, 0) is 49.7 Å². The first kappa shape index (κ1) is 20.9. The Labute approximate surface area is 162 Å². The average Bonchev–Trinajstić information content (AvgIpc) is 2.66. The second-order valence-corrected chi connectivity index (χ2v) is 5.57. The van der Waals surface area contributed by atoms with E-state index in [0.717, 1.165) is 0 Å². The lowest BCUT2D eigenvalue weighted by Gasteiger charge is -2.11. The van der Waals surface area contributed by atoms with E-state index in [0.29, 0.717) is 30.3 Å². The van der Waals surface area contributed by atoms with Crippen LogP contribution in [-0.2, 0) is 9.59 Å². The fourth-order valence-corrected chi connectivity index (χ4v) is 2.27. The molecule has 0 aromatic heterocycles. The fourth-order valence-electron chi connectivity index (χ4n) is 2.27. The first-order valence-corrected chi connectivity index (χ1v) is 8.79.